The van der Waals surface area contributed by atoms with E-state index < -0.39 is 0 Å². The first-order chi connectivity index (χ1) is 19.6. The van der Waals surface area contributed by atoms with Crippen LogP contribution in [0.25, 0.3) is 38.9 Å². The van der Waals surface area contributed by atoms with Crippen LogP contribution in [-0.2, 0) is 27.5 Å². The molecule has 41 heavy (non-hydrogen) atoms. The number of oxazole rings is 1. The molecule has 0 saturated heterocycles. The molecule has 6 aromatic rings. The molecular formula is C35H29N4OPt-3. The molecule has 4 aromatic carbocycles. The smallest absolute Gasteiger partial charge is 0.198 e. The SMILES string of the molecule is Cc1cc(C)c(-c2oc(CCN3C=CN(c4[c-]cccc4)[CH-]3)nc2-n2c3[c-]cccc3c3ccccc32)c(C)c1.[Pt]. The van der Waals surface area contributed by atoms with E-state index in [1.165, 1.54) is 22.1 Å². The molecule has 3 heterocycles. The van der Waals surface area contributed by atoms with E-state index in [-0.39, 0.29) is 21.1 Å². The van der Waals surface area contributed by atoms with Crippen molar-refractivity contribution in [2.24, 2.45) is 0 Å². The van der Waals surface area contributed by atoms with Crippen molar-refractivity contribution in [3.05, 3.63) is 133 Å². The minimum Gasteiger partial charge on any atom is -0.507 e. The fourth-order valence-electron chi connectivity index (χ4n) is 5.82. The van der Waals surface area contributed by atoms with E-state index in [0.717, 1.165) is 45.8 Å². The predicted molar refractivity (Wildman–Crippen MR) is 161 cm³/mol. The Kier molecular flexibility index (Phi) is 7.31. The van der Waals surface area contributed by atoms with Gasteiger partial charge in [-0.1, -0.05) is 41.4 Å². The van der Waals surface area contributed by atoms with Crippen LogP contribution in [0.1, 0.15) is 22.6 Å². The molecule has 0 fully saturated rings. The molecule has 0 saturated carbocycles. The molecule has 7 rings (SSSR count). The number of anilines is 1. The summed E-state index contributed by atoms with van der Waals surface area (Å²) < 4.78 is 8.87. The molecular weight excluding hydrogens is 687 g/mol. The van der Waals surface area contributed by atoms with E-state index in [4.69, 9.17) is 9.40 Å². The van der Waals surface area contributed by atoms with E-state index >= 15 is 0 Å². The molecule has 0 radical (unpaired) electrons. The number of fused-ring (bicyclic) bond motifs is 3. The molecule has 1 aliphatic heterocycles. The second-order valence-corrected chi connectivity index (χ2v) is 10.4. The molecule has 1 aliphatic rings. The minimum absolute atomic E-state index is 0. The maximum atomic E-state index is 6.67. The Morgan fingerprint density at radius 3 is 2.41 bits per heavy atom. The van der Waals surface area contributed by atoms with Gasteiger partial charge in [0.25, 0.3) is 0 Å². The Morgan fingerprint density at radius 1 is 0.854 bits per heavy atom. The molecule has 0 unspecified atom stereocenters. The summed E-state index contributed by atoms with van der Waals surface area (Å²) in [7, 11) is 0. The summed E-state index contributed by atoms with van der Waals surface area (Å²) in [5.41, 5.74) is 7.79. The van der Waals surface area contributed by atoms with E-state index in [1.807, 2.05) is 42.6 Å². The molecule has 6 heteroatoms. The van der Waals surface area contributed by atoms with Crippen molar-refractivity contribution >= 4 is 27.5 Å². The Balaban J connectivity index is 0.00000302. The molecule has 0 amide bonds. The summed E-state index contributed by atoms with van der Waals surface area (Å²) in [5, 5.41) is 2.33. The molecule has 5 nitrogen and oxygen atoms in total. The van der Waals surface area contributed by atoms with Gasteiger partial charge in [0, 0.05) is 38.6 Å². The zero-order valence-electron chi connectivity index (χ0n) is 23.2. The van der Waals surface area contributed by atoms with Crippen LogP contribution >= 0.6 is 0 Å². The molecule has 2 aromatic heterocycles. The first-order valence-corrected chi connectivity index (χ1v) is 13.6. The number of aryl methyl sites for hydroxylation is 3. The first kappa shape index (κ1) is 27.1. The van der Waals surface area contributed by atoms with Gasteiger partial charge in [-0.15, -0.1) is 11.1 Å². The number of aromatic nitrogens is 2. The van der Waals surface area contributed by atoms with Crippen molar-refractivity contribution in [1.82, 2.24) is 14.5 Å². The van der Waals surface area contributed by atoms with Crippen LogP contribution in [0, 0.1) is 39.6 Å². The fraction of sp³-hybridized carbons (Fsp3) is 0.143. The summed E-state index contributed by atoms with van der Waals surface area (Å²) in [6.45, 7) is 9.25. The summed E-state index contributed by atoms with van der Waals surface area (Å²) >= 11 is 0. The maximum Gasteiger partial charge on any atom is 0.198 e. The van der Waals surface area contributed by atoms with Gasteiger partial charge >= 0.3 is 0 Å². The zero-order chi connectivity index (χ0) is 27.2. The normalized spacial score (nSPS) is 13.0. The predicted octanol–water partition coefficient (Wildman–Crippen LogP) is 7.92. The summed E-state index contributed by atoms with van der Waals surface area (Å²) in [6, 6.07) is 33.8. The number of hydrogen-bond acceptors (Lipinski definition) is 4. The Labute approximate surface area is 255 Å². The van der Waals surface area contributed by atoms with Crippen LogP contribution in [0.5, 0.6) is 0 Å². The second kappa shape index (κ2) is 11.1. The molecule has 208 valence electrons. The number of hydrogen-bond donors (Lipinski definition) is 0. The second-order valence-electron chi connectivity index (χ2n) is 10.4. The molecule has 0 atom stereocenters. The molecule has 0 bridgehead atoms. The van der Waals surface area contributed by atoms with Crippen LogP contribution in [0.4, 0.5) is 5.69 Å². The Bertz CT molecular complexity index is 1810. The van der Waals surface area contributed by atoms with Crippen molar-refractivity contribution < 1.29 is 25.5 Å². The van der Waals surface area contributed by atoms with Gasteiger partial charge in [-0.25, -0.2) is 0 Å². The molecule has 0 spiro atoms. The summed E-state index contributed by atoms with van der Waals surface area (Å²) in [5.74, 6) is 2.31. The number of nitrogens with zero attached hydrogens (tertiary/aromatic N) is 4. The van der Waals surface area contributed by atoms with Gasteiger partial charge in [-0.2, -0.15) is 66.2 Å². The average molecular weight is 717 g/mol. The van der Waals surface area contributed by atoms with Gasteiger partial charge in [0.1, 0.15) is 0 Å². The quantitative estimate of drug-likeness (QED) is 0.164. The standard InChI is InChI=1S/C35H29N4O.Pt/c1-24-21-25(2)33(26(3)22-24)34-35(39-30-15-9-7-13-28(30)29-14-8-10-16-31(29)39)36-32(40-34)17-18-37-19-20-38(23-37)27-11-5-4-6-12-27;/h4-11,13-15,19-23H,17-18H2,1-3H3;/q-3;. The average Bonchev–Trinajstić information content (AvgIpc) is 3.68. The van der Waals surface area contributed by atoms with Crippen LogP contribution < -0.4 is 4.90 Å². The number of benzene rings is 4. The van der Waals surface area contributed by atoms with Gasteiger partial charge in [-0.3, -0.25) is 0 Å². The summed E-state index contributed by atoms with van der Waals surface area (Å²) in [6.07, 6.45) is 4.78. The third kappa shape index (κ3) is 4.89. The zero-order valence-corrected chi connectivity index (χ0v) is 25.4. The van der Waals surface area contributed by atoms with Gasteiger partial charge in [0.05, 0.1) is 0 Å². The van der Waals surface area contributed by atoms with Gasteiger partial charge in [0.2, 0.25) is 0 Å². The fourth-order valence-corrected chi connectivity index (χ4v) is 5.82. The van der Waals surface area contributed by atoms with Gasteiger partial charge < -0.3 is 18.8 Å². The van der Waals surface area contributed by atoms with Crippen LogP contribution in [0.2, 0.25) is 0 Å². The van der Waals surface area contributed by atoms with Crippen LogP contribution in [0.3, 0.4) is 0 Å². The largest absolute Gasteiger partial charge is 0.507 e. The maximum absolute atomic E-state index is 6.67. The van der Waals surface area contributed by atoms with Gasteiger partial charge in [-0.05, 0) is 62.3 Å². The third-order valence-corrected chi connectivity index (χ3v) is 7.51. The van der Waals surface area contributed by atoms with Crippen molar-refractivity contribution in [3.63, 3.8) is 0 Å². The molecule has 0 N–H and O–H groups in total. The van der Waals surface area contributed by atoms with Crippen molar-refractivity contribution in [2.75, 3.05) is 11.4 Å². The monoisotopic (exact) mass is 716 g/mol. The summed E-state index contributed by atoms with van der Waals surface area (Å²) in [4.78, 5) is 9.39. The number of para-hydroxylation sites is 3. The van der Waals surface area contributed by atoms with E-state index in [2.05, 4.69) is 103 Å². The van der Waals surface area contributed by atoms with E-state index in [9.17, 15) is 0 Å². The van der Waals surface area contributed by atoms with E-state index in [0.29, 0.717) is 12.3 Å². The van der Waals surface area contributed by atoms with Crippen LogP contribution in [-0.4, -0.2) is 21.0 Å². The van der Waals surface area contributed by atoms with E-state index in [1.54, 1.807) is 0 Å². The number of rotatable bonds is 6. The Hall–Kier alpha value is -4.08. The van der Waals surface area contributed by atoms with Crippen molar-refractivity contribution in [3.8, 4) is 17.1 Å². The Morgan fingerprint density at radius 2 is 1.61 bits per heavy atom. The van der Waals surface area contributed by atoms with Crippen LogP contribution in [0.15, 0.2) is 95.7 Å². The first-order valence-electron chi connectivity index (χ1n) is 13.6. The topological polar surface area (TPSA) is 37.4 Å². The van der Waals surface area contributed by atoms with Crippen molar-refractivity contribution in [1.29, 1.82) is 0 Å². The molecule has 0 aliphatic carbocycles. The van der Waals surface area contributed by atoms with Gasteiger partial charge in [0.15, 0.2) is 17.5 Å². The third-order valence-electron chi connectivity index (χ3n) is 7.51. The van der Waals surface area contributed by atoms with Crippen molar-refractivity contribution in [2.45, 2.75) is 27.2 Å². The minimum atomic E-state index is 0.